The summed E-state index contributed by atoms with van der Waals surface area (Å²) in [6.07, 6.45) is 0.543. The van der Waals surface area contributed by atoms with Crippen LogP contribution >= 0.6 is 15.9 Å². The van der Waals surface area contributed by atoms with Gasteiger partial charge in [-0.1, -0.05) is 0 Å². The number of halogens is 1. The maximum Gasteiger partial charge on any atom is 0.338 e. The third-order valence-corrected chi connectivity index (χ3v) is 3.99. The molecule has 2 N–H and O–H groups in total. The average molecular weight is 382 g/mol. The molecule has 0 saturated carbocycles. The number of ether oxygens (including phenoxy) is 3. The quantitative estimate of drug-likeness (QED) is 0.563. The largest absolute Gasteiger partial charge is 0.494 e. The molecule has 0 atom stereocenters. The number of esters is 1. The monoisotopic (exact) mass is 381 g/mol. The van der Waals surface area contributed by atoms with Gasteiger partial charge in [-0.15, -0.1) is 0 Å². The van der Waals surface area contributed by atoms with E-state index in [0.29, 0.717) is 17.5 Å². The summed E-state index contributed by atoms with van der Waals surface area (Å²) in [6.45, 7) is 0.628. The van der Waals surface area contributed by atoms with Gasteiger partial charge in [0.2, 0.25) is 10.0 Å². The number of carbonyl (C=O) groups is 1. The molecule has 0 unspecified atom stereocenters. The smallest absolute Gasteiger partial charge is 0.338 e. The SMILES string of the molecule is COCCCOC(=O)c1cc(Br)c(OC)c(S(N)(=O)=O)c1. The molecule has 21 heavy (non-hydrogen) atoms. The Bertz CT molecular complexity index is 616. The first-order chi connectivity index (χ1) is 9.81. The zero-order chi connectivity index (χ0) is 16.0. The number of carbonyl (C=O) groups excluding carboxylic acids is 1. The van der Waals surface area contributed by atoms with Crippen molar-refractivity contribution in [2.45, 2.75) is 11.3 Å². The van der Waals surface area contributed by atoms with Crippen LogP contribution in [-0.4, -0.2) is 41.8 Å². The lowest BCUT2D eigenvalue weighted by atomic mass is 10.2. The highest BCUT2D eigenvalue weighted by Crippen LogP contribution is 2.33. The minimum absolute atomic E-state index is 0.0356. The molecule has 1 aromatic carbocycles. The number of hydrogen-bond acceptors (Lipinski definition) is 6. The van der Waals surface area contributed by atoms with E-state index in [1.165, 1.54) is 13.2 Å². The Balaban J connectivity index is 3.04. The third-order valence-electron chi connectivity index (χ3n) is 2.48. The Morgan fingerprint density at radius 1 is 1.29 bits per heavy atom. The summed E-state index contributed by atoms with van der Waals surface area (Å²) in [5.41, 5.74) is 0.0594. The van der Waals surface area contributed by atoms with Crippen molar-refractivity contribution in [1.82, 2.24) is 0 Å². The fourth-order valence-corrected chi connectivity index (χ4v) is 3.04. The van der Waals surface area contributed by atoms with E-state index in [-0.39, 0.29) is 22.8 Å². The van der Waals surface area contributed by atoms with Crippen LogP contribution in [0.5, 0.6) is 5.75 Å². The van der Waals surface area contributed by atoms with Crippen LogP contribution in [0.3, 0.4) is 0 Å². The minimum Gasteiger partial charge on any atom is -0.494 e. The summed E-state index contributed by atoms with van der Waals surface area (Å²) in [5, 5.41) is 5.11. The van der Waals surface area contributed by atoms with Crippen molar-refractivity contribution < 1.29 is 27.4 Å². The van der Waals surface area contributed by atoms with E-state index in [1.807, 2.05) is 0 Å². The topological polar surface area (TPSA) is 105 Å². The van der Waals surface area contributed by atoms with Gasteiger partial charge in [-0.2, -0.15) is 0 Å². The zero-order valence-corrected chi connectivity index (χ0v) is 14.0. The first-order valence-corrected chi connectivity index (χ1v) is 8.21. The van der Waals surface area contributed by atoms with E-state index >= 15 is 0 Å². The van der Waals surface area contributed by atoms with Gasteiger partial charge in [0.1, 0.15) is 4.90 Å². The van der Waals surface area contributed by atoms with Gasteiger partial charge in [0.25, 0.3) is 0 Å². The second-order valence-electron chi connectivity index (χ2n) is 4.02. The Kier molecular flexibility index (Phi) is 6.59. The fraction of sp³-hybridized carbons (Fsp3) is 0.417. The van der Waals surface area contributed by atoms with Crippen LogP contribution in [0.15, 0.2) is 21.5 Å². The van der Waals surface area contributed by atoms with Gasteiger partial charge in [-0.05, 0) is 28.1 Å². The van der Waals surface area contributed by atoms with E-state index in [1.54, 1.807) is 7.11 Å². The second-order valence-corrected chi connectivity index (χ2v) is 6.40. The fourth-order valence-electron chi connectivity index (χ4n) is 1.55. The zero-order valence-electron chi connectivity index (χ0n) is 11.6. The summed E-state index contributed by atoms with van der Waals surface area (Å²) in [6, 6.07) is 2.53. The number of primary sulfonamides is 1. The van der Waals surface area contributed by atoms with Crippen molar-refractivity contribution in [3.63, 3.8) is 0 Å². The van der Waals surface area contributed by atoms with Gasteiger partial charge >= 0.3 is 5.97 Å². The van der Waals surface area contributed by atoms with Crippen molar-refractivity contribution in [2.24, 2.45) is 5.14 Å². The van der Waals surface area contributed by atoms with E-state index in [2.05, 4.69) is 15.9 Å². The molecule has 0 amide bonds. The molecule has 0 fully saturated rings. The van der Waals surface area contributed by atoms with Crippen LogP contribution in [0.4, 0.5) is 0 Å². The van der Waals surface area contributed by atoms with Crippen molar-refractivity contribution in [3.05, 3.63) is 22.2 Å². The van der Waals surface area contributed by atoms with Gasteiger partial charge in [-0.3, -0.25) is 0 Å². The van der Waals surface area contributed by atoms with Gasteiger partial charge < -0.3 is 14.2 Å². The van der Waals surface area contributed by atoms with E-state index < -0.39 is 16.0 Å². The Labute approximate surface area is 131 Å². The molecule has 0 radical (unpaired) electrons. The molecule has 118 valence electrons. The van der Waals surface area contributed by atoms with Gasteiger partial charge in [0.15, 0.2) is 5.75 Å². The number of hydrogen-bond donors (Lipinski definition) is 1. The molecule has 7 nitrogen and oxygen atoms in total. The normalized spacial score (nSPS) is 11.2. The highest BCUT2D eigenvalue weighted by atomic mass is 79.9. The van der Waals surface area contributed by atoms with Crippen molar-refractivity contribution in [1.29, 1.82) is 0 Å². The molecule has 9 heteroatoms. The third kappa shape index (κ3) is 4.95. The van der Waals surface area contributed by atoms with E-state index in [0.717, 1.165) is 6.07 Å². The number of rotatable bonds is 7. The molecule has 0 heterocycles. The lowest BCUT2D eigenvalue weighted by Crippen LogP contribution is -2.16. The lowest BCUT2D eigenvalue weighted by molar-refractivity contribution is 0.0468. The predicted molar refractivity (Wildman–Crippen MR) is 78.8 cm³/mol. The predicted octanol–water partition coefficient (Wildman–Crippen LogP) is 1.30. The molecule has 0 aliphatic rings. The van der Waals surface area contributed by atoms with Crippen LogP contribution in [-0.2, 0) is 19.5 Å². The Hall–Kier alpha value is -1.16. The van der Waals surface area contributed by atoms with Gasteiger partial charge in [0.05, 0.1) is 23.8 Å². The number of nitrogens with two attached hydrogens (primary N) is 1. The molecule has 0 spiro atoms. The number of sulfonamides is 1. The molecule has 1 rings (SSSR count). The highest BCUT2D eigenvalue weighted by molar-refractivity contribution is 9.10. The minimum atomic E-state index is -4.04. The molecule has 0 bridgehead atoms. The van der Waals surface area contributed by atoms with Crippen LogP contribution in [0.1, 0.15) is 16.8 Å². The molecule has 0 aromatic heterocycles. The van der Waals surface area contributed by atoms with Crippen LogP contribution in [0.2, 0.25) is 0 Å². The second kappa shape index (κ2) is 7.74. The molecule has 0 aliphatic carbocycles. The van der Waals surface area contributed by atoms with Crippen molar-refractivity contribution >= 4 is 31.9 Å². The molecule has 0 saturated heterocycles. The lowest BCUT2D eigenvalue weighted by Gasteiger charge is -2.11. The summed E-state index contributed by atoms with van der Waals surface area (Å²) in [4.78, 5) is 11.6. The van der Waals surface area contributed by atoms with E-state index in [4.69, 9.17) is 19.3 Å². The molecule has 0 aliphatic heterocycles. The number of methoxy groups -OCH3 is 2. The van der Waals surface area contributed by atoms with Crippen molar-refractivity contribution in [3.8, 4) is 5.75 Å². The average Bonchev–Trinajstić information content (AvgIpc) is 2.41. The highest BCUT2D eigenvalue weighted by Gasteiger charge is 2.21. The van der Waals surface area contributed by atoms with Crippen LogP contribution in [0.25, 0.3) is 0 Å². The Morgan fingerprint density at radius 3 is 2.48 bits per heavy atom. The summed E-state index contributed by atoms with van der Waals surface area (Å²) in [5.74, 6) is -0.618. The standard InChI is InChI=1S/C12H16BrNO6S/c1-18-4-3-5-20-12(15)8-6-9(13)11(19-2)10(7-8)21(14,16)17/h6-7H,3-5H2,1-2H3,(H2,14,16,17). The van der Waals surface area contributed by atoms with E-state index in [9.17, 15) is 13.2 Å². The number of benzene rings is 1. The van der Waals surface area contributed by atoms with Crippen LogP contribution < -0.4 is 9.88 Å². The summed E-state index contributed by atoms with van der Waals surface area (Å²) < 4.78 is 38.2. The first-order valence-electron chi connectivity index (χ1n) is 5.87. The van der Waals surface area contributed by atoms with Gasteiger partial charge in [0, 0.05) is 20.1 Å². The molecule has 1 aromatic rings. The molecular weight excluding hydrogens is 366 g/mol. The molecular formula is C12H16BrNO6S. The van der Waals surface area contributed by atoms with Crippen LogP contribution in [0, 0.1) is 0 Å². The van der Waals surface area contributed by atoms with Crippen molar-refractivity contribution in [2.75, 3.05) is 27.4 Å². The maximum atomic E-state index is 11.9. The Morgan fingerprint density at radius 2 is 1.95 bits per heavy atom. The summed E-state index contributed by atoms with van der Waals surface area (Å²) in [7, 11) is -1.19. The maximum absolute atomic E-state index is 11.9. The first kappa shape index (κ1) is 17.9. The van der Waals surface area contributed by atoms with Gasteiger partial charge in [-0.25, -0.2) is 18.4 Å². The summed E-state index contributed by atoms with van der Waals surface area (Å²) >= 11 is 3.14.